The molecule has 0 aliphatic carbocycles. The van der Waals surface area contributed by atoms with Gasteiger partial charge in [-0.3, -0.25) is 9.36 Å². The van der Waals surface area contributed by atoms with Gasteiger partial charge in [0.25, 0.3) is 0 Å². The number of anilines is 1. The molecule has 0 spiro atoms. The Bertz CT molecular complexity index is 562. The van der Waals surface area contributed by atoms with Crippen molar-refractivity contribution in [1.29, 1.82) is 0 Å². The number of ether oxygens (including phenoxy) is 1. The molecule has 1 aromatic heterocycles. The largest absolute Gasteiger partial charge is 0.394 e. The lowest BCUT2D eigenvalue weighted by Crippen LogP contribution is -2.31. The Morgan fingerprint density at radius 3 is 2.85 bits per heavy atom. The molecule has 7 nitrogen and oxygen atoms in total. The van der Waals surface area contributed by atoms with Crippen molar-refractivity contribution in [2.24, 2.45) is 5.92 Å². The molecule has 1 aromatic rings. The summed E-state index contributed by atoms with van der Waals surface area (Å²) in [5.41, 5.74) is -0.727. The Morgan fingerprint density at radius 1 is 1.65 bits per heavy atom. The van der Waals surface area contributed by atoms with Crippen LogP contribution in [0.25, 0.3) is 0 Å². The van der Waals surface area contributed by atoms with Crippen molar-refractivity contribution in [3.8, 4) is 0 Å². The first-order chi connectivity index (χ1) is 9.43. The fraction of sp³-hybridized carbons (Fsp3) is 0.583. The van der Waals surface area contributed by atoms with Crippen LogP contribution < -0.4 is 11.0 Å². The van der Waals surface area contributed by atoms with E-state index in [0.717, 1.165) is 4.57 Å². The highest BCUT2D eigenvalue weighted by Crippen LogP contribution is 2.35. The van der Waals surface area contributed by atoms with Gasteiger partial charge in [-0.25, -0.2) is 9.18 Å². The molecule has 0 radical (unpaired) electrons. The zero-order chi connectivity index (χ0) is 14.9. The lowest BCUT2D eigenvalue weighted by molar-refractivity contribution is -0.114. The number of carbonyl (C=O) groups excluding carboxylic acids is 1. The number of alkyl halides is 1. The maximum absolute atomic E-state index is 14.1. The smallest absolute Gasteiger partial charge is 0.351 e. The number of nitrogens with one attached hydrogen (secondary N) is 1. The van der Waals surface area contributed by atoms with Gasteiger partial charge in [-0.05, 0) is 6.07 Å². The number of hydrogen-bond acceptors (Lipinski definition) is 5. The van der Waals surface area contributed by atoms with Crippen molar-refractivity contribution in [3.05, 3.63) is 22.7 Å². The first kappa shape index (κ1) is 14.6. The topological polar surface area (TPSA) is 93.5 Å². The summed E-state index contributed by atoms with van der Waals surface area (Å²) in [5, 5.41) is 11.5. The van der Waals surface area contributed by atoms with E-state index in [9.17, 15) is 14.0 Å². The summed E-state index contributed by atoms with van der Waals surface area (Å²) < 4.78 is 20.5. The van der Waals surface area contributed by atoms with Gasteiger partial charge in [0.05, 0.1) is 12.7 Å². The van der Waals surface area contributed by atoms with Crippen molar-refractivity contribution in [2.75, 3.05) is 11.9 Å². The molecular formula is C12H16FN3O4. The zero-order valence-electron chi connectivity index (χ0n) is 11.1. The maximum atomic E-state index is 14.1. The molecule has 1 aliphatic heterocycles. The molecule has 1 unspecified atom stereocenters. The van der Waals surface area contributed by atoms with Crippen molar-refractivity contribution in [3.63, 3.8) is 0 Å². The molecule has 1 aliphatic rings. The van der Waals surface area contributed by atoms with Gasteiger partial charge in [0.15, 0.2) is 12.4 Å². The minimum absolute atomic E-state index is 0.0962. The van der Waals surface area contributed by atoms with Gasteiger partial charge < -0.3 is 15.2 Å². The molecule has 1 fully saturated rings. The highest BCUT2D eigenvalue weighted by molar-refractivity contribution is 5.87. The number of hydrogen-bond donors (Lipinski definition) is 2. The summed E-state index contributed by atoms with van der Waals surface area (Å²) in [6.07, 6.45) is -1.88. The van der Waals surface area contributed by atoms with E-state index in [0.29, 0.717) is 0 Å². The minimum Gasteiger partial charge on any atom is -0.394 e. The predicted octanol–water partition coefficient (Wildman–Crippen LogP) is 0.0656. The third kappa shape index (κ3) is 2.70. The first-order valence-electron chi connectivity index (χ1n) is 6.21. The van der Waals surface area contributed by atoms with E-state index in [1.165, 1.54) is 19.2 Å². The monoisotopic (exact) mass is 285 g/mol. The summed E-state index contributed by atoms with van der Waals surface area (Å²) in [6.45, 7) is 2.58. The van der Waals surface area contributed by atoms with Gasteiger partial charge in [-0.15, -0.1) is 0 Å². The molecule has 20 heavy (non-hydrogen) atoms. The second-order valence-electron chi connectivity index (χ2n) is 4.74. The van der Waals surface area contributed by atoms with Crippen LogP contribution >= 0.6 is 0 Å². The molecule has 2 heterocycles. The number of halogens is 1. The second kappa shape index (κ2) is 5.68. The molecule has 2 rings (SSSR count). The highest BCUT2D eigenvalue weighted by atomic mass is 19.1. The molecule has 1 saturated heterocycles. The number of amides is 1. The van der Waals surface area contributed by atoms with Gasteiger partial charge in [0.2, 0.25) is 5.91 Å². The molecule has 4 atom stereocenters. The Hall–Kier alpha value is -1.80. The summed E-state index contributed by atoms with van der Waals surface area (Å²) in [5.74, 6) is -0.782. The van der Waals surface area contributed by atoms with E-state index in [-0.39, 0.29) is 18.3 Å². The normalized spacial score (nSPS) is 29.4. The van der Waals surface area contributed by atoms with E-state index >= 15 is 0 Å². The van der Waals surface area contributed by atoms with Crippen LogP contribution in [0.4, 0.5) is 10.2 Å². The van der Waals surface area contributed by atoms with Crippen LogP contribution in [0.2, 0.25) is 0 Å². The summed E-state index contributed by atoms with van der Waals surface area (Å²) in [4.78, 5) is 26.4. The van der Waals surface area contributed by atoms with E-state index in [4.69, 9.17) is 9.84 Å². The molecule has 1 amide bonds. The average Bonchev–Trinajstić information content (AvgIpc) is 2.66. The molecule has 2 N–H and O–H groups in total. The Kier molecular flexibility index (Phi) is 4.15. The maximum Gasteiger partial charge on any atom is 0.351 e. The lowest BCUT2D eigenvalue weighted by Gasteiger charge is -2.16. The number of rotatable bonds is 3. The Balaban J connectivity index is 2.26. The molecular weight excluding hydrogens is 269 g/mol. The minimum atomic E-state index is -1.42. The number of nitrogens with zero attached hydrogens (tertiary/aromatic N) is 2. The van der Waals surface area contributed by atoms with E-state index < -0.39 is 30.1 Å². The van der Waals surface area contributed by atoms with Gasteiger partial charge in [-0.2, -0.15) is 4.98 Å². The Labute approximate surface area is 114 Å². The van der Waals surface area contributed by atoms with Gasteiger partial charge >= 0.3 is 5.69 Å². The number of aromatic nitrogens is 2. The summed E-state index contributed by atoms with van der Waals surface area (Å²) in [7, 11) is 0. The molecule has 0 bridgehead atoms. The number of aliphatic hydroxyl groups is 1. The quantitative estimate of drug-likeness (QED) is 0.819. The lowest BCUT2D eigenvalue weighted by atomic mass is 10.0. The van der Waals surface area contributed by atoms with Crippen LogP contribution in [-0.4, -0.2) is 39.4 Å². The summed E-state index contributed by atoms with van der Waals surface area (Å²) in [6, 6.07) is 1.38. The SMILES string of the molecule is CC(=O)Nc1ccn([C@@H]2O[C@H](CO)C(C)[C@@H]2F)c(=O)n1. The van der Waals surface area contributed by atoms with Crippen LogP contribution in [-0.2, 0) is 9.53 Å². The average molecular weight is 285 g/mol. The zero-order valence-corrected chi connectivity index (χ0v) is 11.1. The molecule has 0 saturated carbocycles. The van der Waals surface area contributed by atoms with Crippen LogP contribution in [0.5, 0.6) is 0 Å². The van der Waals surface area contributed by atoms with Crippen molar-refractivity contribution in [2.45, 2.75) is 32.4 Å². The highest BCUT2D eigenvalue weighted by Gasteiger charge is 2.43. The third-order valence-electron chi connectivity index (χ3n) is 3.26. The second-order valence-corrected chi connectivity index (χ2v) is 4.74. The fourth-order valence-corrected chi connectivity index (χ4v) is 2.13. The molecule has 110 valence electrons. The first-order valence-corrected chi connectivity index (χ1v) is 6.21. The van der Waals surface area contributed by atoms with E-state index in [2.05, 4.69) is 10.3 Å². The number of carbonyl (C=O) groups is 1. The standard InChI is InChI=1S/C12H16FN3O4/c1-6-8(5-17)20-11(10(6)13)16-4-3-9(14-7(2)18)15-12(16)19/h3-4,6,8,10-11,17H,5H2,1-2H3,(H,14,15,18,19)/t6?,8-,10+,11-/m1/s1. The van der Waals surface area contributed by atoms with Crippen LogP contribution in [0.15, 0.2) is 17.1 Å². The predicted molar refractivity (Wildman–Crippen MR) is 67.9 cm³/mol. The summed E-state index contributed by atoms with van der Waals surface area (Å²) >= 11 is 0. The van der Waals surface area contributed by atoms with Gasteiger partial charge in [-0.1, -0.05) is 6.92 Å². The third-order valence-corrected chi connectivity index (χ3v) is 3.26. The molecule has 8 heteroatoms. The van der Waals surface area contributed by atoms with Crippen molar-refractivity contribution >= 4 is 11.7 Å². The Morgan fingerprint density at radius 2 is 2.35 bits per heavy atom. The van der Waals surface area contributed by atoms with Crippen LogP contribution in [0.3, 0.4) is 0 Å². The van der Waals surface area contributed by atoms with Gasteiger partial charge in [0.1, 0.15) is 5.82 Å². The van der Waals surface area contributed by atoms with E-state index in [1.807, 2.05) is 0 Å². The van der Waals surface area contributed by atoms with Crippen molar-refractivity contribution < 1.29 is 19.0 Å². The fourth-order valence-electron chi connectivity index (χ4n) is 2.13. The molecule has 0 aromatic carbocycles. The van der Waals surface area contributed by atoms with Crippen molar-refractivity contribution in [1.82, 2.24) is 9.55 Å². The number of aliphatic hydroxyl groups excluding tert-OH is 1. The van der Waals surface area contributed by atoms with Crippen LogP contribution in [0.1, 0.15) is 20.1 Å². The van der Waals surface area contributed by atoms with Gasteiger partial charge in [0, 0.05) is 19.0 Å². The van der Waals surface area contributed by atoms with E-state index in [1.54, 1.807) is 6.92 Å². The van der Waals surface area contributed by atoms with Crippen LogP contribution in [0, 0.1) is 5.92 Å².